The third kappa shape index (κ3) is 5.35. The van der Waals surface area contributed by atoms with Gasteiger partial charge in [-0.1, -0.05) is 20.4 Å². The van der Waals surface area contributed by atoms with Gasteiger partial charge in [-0.15, -0.1) is 0 Å². The first-order valence-electron chi connectivity index (χ1n) is 7.12. The molecule has 0 heterocycles. The Balaban J connectivity index is 2.44. The molecule has 1 aliphatic rings. The maximum atomic E-state index is 11.1. The first-order chi connectivity index (χ1) is 8.65. The Morgan fingerprint density at radius 3 is 2.63 bits per heavy atom. The molecule has 2 atom stereocenters. The second-order valence-corrected chi connectivity index (χ2v) is 7.06. The van der Waals surface area contributed by atoms with Gasteiger partial charge in [0.05, 0.1) is 11.7 Å². The summed E-state index contributed by atoms with van der Waals surface area (Å²) in [5.41, 5.74) is -0.0213. The summed E-state index contributed by atoms with van der Waals surface area (Å²) in [4.78, 5) is 11.1. The molecule has 1 aliphatic carbocycles. The van der Waals surface area contributed by atoms with Crippen molar-refractivity contribution in [2.75, 3.05) is 6.61 Å². The lowest BCUT2D eigenvalue weighted by atomic mass is 9.89. The van der Waals surface area contributed by atoms with Crippen LogP contribution in [0.2, 0.25) is 0 Å². The van der Waals surface area contributed by atoms with Crippen molar-refractivity contribution in [3.8, 4) is 0 Å². The van der Waals surface area contributed by atoms with Gasteiger partial charge < -0.3 is 9.47 Å². The first kappa shape index (κ1) is 16.2. The van der Waals surface area contributed by atoms with Crippen LogP contribution in [0.15, 0.2) is 12.7 Å². The third-order valence-corrected chi connectivity index (χ3v) is 3.90. The molecule has 3 nitrogen and oxygen atoms in total. The molecule has 0 aliphatic heterocycles. The molecular weight excluding hydrogens is 240 g/mol. The van der Waals surface area contributed by atoms with Crippen LogP contribution < -0.4 is 0 Å². The van der Waals surface area contributed by atoms with Crippen molar-refractivity contribution in [2.24, 2.45) is 11.3 Å². The summed E-state index contributed by atoms with van der Waals surface area (Å²) in [5.74, 6) is 0.204. The van der Waals surface area contributed by atoms with E-state index in [1.807, 2.05) is 13.8 Å². The lowest BCUT2D eigenvalue weighted by molar-refractivity contribution is -0.155. The summed E-state index contributed by atoms with van der Waals surface area (Å²) in [7, 11) is 0. The molecule has 110 valence electrons. The maximum absolute atomic E-state index is 11.1. The van der Waals surface area contributed by atoms with Gasteiger partial charge >= 0.3 is 5.97 Å². The molecule has 0 aromatic rings. The van der Waals surface area contributed by atoms with Crippen LogP contribution in [0.3, 0.4) is 0 Å². The fourth-order valence-electron chi connectivity index (χ4n) is 2.83. The molecule has 0 N–H and O–H groups in total. The zero-order chi connectivity index (χ0) is 14.7. The van der Waals surface area contributed by atoms with Crippen molar-refractivity contribution in [3.63, 3.8) is 0 Å². The number of hydrogen-bond donors (Lipinski definition) is 0. The zero-order valence-electron chi connectivity index (χ0n) is 13.0. The molecule has 0 amide bonds. The van der Waals surface area contributed by atoms with E-state index in [0.717, 1.165) is 0 Å². The lowest BCUT2D eigenvalue weighted by Crippen LogP contribution is -2.37. The van der Waals surface area contributed by atoms with Crippen LogP contribution in [-0.2, 0) is 14.3 Å². The van der Waals surface area contributed by atoms with Crippen molar-refractivity contribution in [1.29, 1.82) is 0 Å². The normalized spacial score (nSPS) is 23.9. The summed E-state index contributed by atoms with van der Waals surface area (Å²) < 4.78 is 11.2. The lowest BCUT2D eigenvalue weighted by Gasteiger charge is -2.32. The van der Waals surface area contributed by atoms with Gasteiger partial charge in [0.2, 0.25) is 0 Å². The van der Waals surface area contributed by atoms with E-state index in [9.17, 15) is 4.79 Å². The van der Waals surface area contributed by atoms with Crippen molar-refractivity contribution in [2.45, 2.75) is 65.6 Å². The van der Waals surface area contributed by atoms with Crippen molar-refractivity contribution >= 4 is 5.97 Å². The minimum Gasteiger partial charge on any atom is -0.459 e. The minimum atomic E-state index is -0.454. The van der Waals surface area contributed by atoms with E-state index >= 15 is 0 Å². The number of rotatable bonds is 6. The Morgan fingerprint density at radius 1 is 1.53 bits per heavy atom. The largest absolute Gasteiger partial charge is 0.459 e. The van der Waals surface area contributed by atoms with E-state index in [-0.39, 0.29) is 12.7 Å². The summed E-state index contributed by atoms with van der Waals surface area (Å²) >= 11 is 0. The summed E-state index contributed by atoms with van der Waals surface area (Å²) in [5, 5.41) is 0. The smallest absolute Gasteiger partial charge is 0.330 e. The molecule has 0 aromatic heterocycles. The highest BCUT2D eigenvalue weighted by Gasteiger charge is 2.36. The minimum absolute atomic E-state index is 0.194. The van der Waals surface area contributed by atoms with Crippen LogP contribution in [0.25, 0.3) is 0 Å². The van der Waals surface area contributed by atoms with Gasteiger partial charge in [-0.3, -0.25) is 0 Å². The number of hydrogen-bond acceptors (Lipinski definition) is 3. The van der Waals surface area contributed by atoms with Crippen LogP contribution >= 0.6 is 0 Å². The van der Waals surface area contributed by atoms with Crippen LogP contribution in [0.4, 0.5) is 0 Å². The van der Waals surface area contributed by atoms with Gasteiger partial charge in [-0.2, -0.15) is 0 Å². The molecule has 0 bridgehead atoms. The monoisotopic (exact) mass is 268 g/mol. The van der Waals surface area contributed by atoms with Crippen LogP contribution in [0.1, 0.15) is 53.9 Å². The van der Waals surface area contributed by atoms with E-state index in [4.69, 9.17) is 9.47 Å². The van der Waals surface area contributed by atoms with E-state index in [2.05, 4.69) is 27.4 Å². The topological polar surface area (TPSA) is 35.5 Å². The molecular formula is C16H28O3. The maximum Gasteiger partial charge on any atom is 0.330 e. The van der Waals surface area contributed by atoms with Crippen molar-refractivity contribution in [1.82, 2.24) is 0 Å². The highest BCUT2D eigenvalue weighted by atomic mass is 16.6. The van der Waals surface area contributed by atoms with E-state index < -0.39 is 11.6 Å². The quantitative estimate of drug-likeness (QED) is 0.544. The van der Waals surface area contributed by atoms with Crippen LogP contribution in [-0.4, -0.2) is 24.3 Å². The molecule has 0 spiro atoms. The Bertz CT molecular complexity index is 331. The Hall–Kier alpha value is -0.830. The average Bonchev–Trinajstić information content (AvgIpc) is 2.66. The van der Waals surface area contributed by atoms with Crippen LogP contribution in [0, 0.1) is 11.3 Å². The molecule has 1 saturated carbocycles. The standard InChI is InChI=1S/C16H28O3/c1-7-14(17)18-11-16(5,6)19-12(2)13-8-9-15(3,4)10-13/h7,12-13H,1,8-11H2,2-6H3. The van der Waals surface area contributed by atoms with E-state index in [1.165, 1.54) is 25.3 Å². The zero-order valence-corrected chi connectivity index (χ0v) is 13.0. The van der Waals surface area contributed by atoms with E-state index in [1.54, 1.807) is 0 Å². The molecule has 1 fully saturated rings. The molecule has 19 heavy (non-hydrogen) atoms. The van der Waals surface area contributed by atoms with Crippen LogP contribution in [0.5, 0.6) is 0 Å². The Morgan fingerprint density at radius 2 is 2.16 bits per heavy atom. The molecule has 2 unspecified atom stereocenters. The van der Waals surface area contributed by atoms with Gasteiger partial charge in [-0.25, -0.2) is 4.79 Å². The van der Waals surface area contributed by atoms with Gasteiger partial charge in [0, 0.05) is 6.08 Å². The fraction of sp³-hybridized carbons (Fsp3) is 0.812. The third-order valence-electron chi connectivity index (χ3n) is 3.90. The molecule has 0 aromatic carbocycles. The number of ether oxygens (including phenoxy) is 2. The molecule has 0 saturated heterocycles. The second kappa shape index (κ2) is 6.08. The number of carbonyl (C=O) groups is 1. The summed E-state index contributed by atoms with van der Waals surface area (Å²) in [6.45, 7) is 14.3. The van der Waals surface area contributed by atoms with E-state index in [0.29, 0.717) is 11.3 Å². The summed E-state index contributed by atoms with van der Waals surface area (Å²) in [6.07, 6.45) is 5.06. The molecule has 1 rings (SSSR count). The molecule has 3 heteroatoms. The van der Waals surface area contributed by atoms with Gasteiger partial charge in [0.1, 0.15) is 6.61 Å². The predicted octanol–water partition coefficient (Wildman–Crippen LogP) is 3.73. The van der Waals surface area contributed by atoms with Gasteiger partial charge in [-0.05, 0) is 51.4 Å². The SMILES string of the molecule is C=CC(=O)OCC(C)(C)OC(C)C1CCC(C)(C)C1. The highest BCUT2D eigenvalue weighted by Crippen LogP contribution is 2.43. The number of esters is 1. The summed E-state index contributed by atoms with van der Waals surface area (Å²) in [6, 6.07) is 0. The van der Waals surface area contributed by atoms with Gasteiger partial charge in [0.15, 0.2) is 0 Å². The van der Waals surface area contributed by atoms with Gasteiger partial charge in [0.25, 0.3) is 0 Å². The first-order valence-corrected chi connectivity index (χ1v) is 7.12. The number of carbonyl (C=O) groups excluding carboxylic acids is 1. The van der Waals surface area contributed by atoms with Crippen molar-refractivity contribution < 1.29 is 14.3 Å². The Labute approximate surface area is 117 Å². The second-order valence-electron chi connectivity index (χ2n) is 7.06. The molecule has 0 radical (unpaired) electrons. The van der Waals surface area contributed by atoms with Crippen molar-refractivity contribution in [3.05, 3.63) is 12.7 Å². The Kier molecular flexibility index (Phi) is 5.19. The predicted molar refractivity (Wildman–Crippen MR) is 76.9 cm³/mol. The average molecular weight is 268 g/mol. The fourth-order valence-corrected chi connectivity index (χ4v) is 2.83. The highest BCUT2D eigenvalue weighted by molar-refractivity contribution is 5.81.